The van der Waals surface area contributed by atoms with Crippen LogP contribution in [0.2, 0.25) is 0 Å². The van der Waals surface area contributed by atoms with Crippen LogP contribution in [-0.2, 0) is 9.53 Å². The molecule has 0 saturated heterocycles. The third kappa shape index (κ3) is 5.94. The smallest absolute Gasteiger partial charge is 0.408 e. The van der Waals surface area contributed by atoms with Gasteiger partial charge >= 0.3 is 12.1 Å². The second-order valence-corrected chi connectivity index (χ2v) is 5.21. The van der Waals surface area contributed by atoms with E-state index in [0.717, 1.165) is 18.9 Å². The Morgan fingerprint density at radius 3 is 2.41 bits per heavy atom. The SMILES string of the molecule is CC(C)(C)OC(=O)N[C@H](/C=C/C(=O)O)C1CC1. The fourth-order valence-corrected chi connectivity index (χ4v) is 1.41. The van der Waals surface area contributed by atoms with Crippen molar-refractivity contribution in [1.82, 2.24) is 5.32 Å². The molecular weight excluding hydrogens is 222 g/mol. The van der Waals surface area contributed by atoms with E-state index in [4.69, 9.17) is 9.84 Å². The Kier molecular flexibility index (Phi) is 4.15. The first-order valence-corrected chi connectivity index (χ1v) is 5.68. The second-order valence-electron chi connectivity index (χ2n) is 5.21. The van der Waals surface area contributed by atoms with Gasteiger partial charge in [0.1, 0.15) is 5.60 Å². The number of amides is 1. The van der Waals surface area contributed by atoms with Gasteiger partial charge in [-0.2, -0.15) is 0 Å². The summed E-state index contributed by atoms with van der Waals surface area (Å²) in [5.74, 6) is -0.681. The number of ether oxygens (including phenoxy) is 1. The van der Waals surface area contributed by atoms with Gasteiger partial charge in [-0.15, -0.1) is 0 Å². The highest BCUT2D eigenvalue weighted by molar-refractivity contribution is 5.80. The molecule has 1 amide bonds. The number of aliphatic carboxylic acids is 1. The van der Waals surface area contributed by atoms with E-state index < -0.39 is 17.7 Å². The van der Waals surface area contributed by atoms with Crippen LogP contribution in [0.3, 0.4) is 0 Å². The Morgan fingerprint density at radius 1 is 1.41 bits per heavy atom. The zero-order valence-electron chi connectivity index (χ0n) is 10.4. The van der Waals surface area contributed by atoms with Gasteiger partial charge in [-0.25, -0.2) is 9.59 Å². The van der Waals surface area contributed by atoms with E-state index in [2.05, 4.69) is 5.32 Å². The molecule has 1 rings (SSSR count). The van der Waals surface area contributed by atoms with E-state index in [1.165, 1.54) is 6.08 Å². The first-order chi connectivity index (χ1) is 7.78. The van der Waals surface area contributed by atoms with Gasteiger partial charge in [-0.3, -0.25) is 0 Å². The summed E-state index contributed by atoms with van der Waals surface area (Å²) >= 11 is 0. The Labute approximate surface area is 101 Å². The van der Waals surface area contributed by atoms with Crippen LogP contribution in [0.15, 0.2) is 12.2 Å². The Morgan fingerprint density at radius 2 is 2.00 bits per heavy atom. The van der Waals surface area contributed by atoms with Gasteiger partial charge in [-0.05, 0) is 39.5 Å². The van der Waals surface area contributed by atoms with Crippen molar-refractivity contribution < 1.29 is 19.4 Å². The Balaban J connectivity index is 2.49. The van der Waals surface area contributed by atoms with Crippen LogP contribution in [0.25, 0.3) is 0 Å². The van der Waals surface area contributed by atoms with Crippen molar-refractivity contribution in [3.63, 3.8) is 0 Å². The topological polar surface area (TPSA) is 75.6 Å². The number of hydrogen-bond acceptors (Lipinski definition) is 3. The summed E-state index contributed by atoms with van der Waals surface area (Å²) in [7, 11) is 0. The van der Waals surface area contributed by atoms with Gasteiger partial charge in [0.05, 0.1) is 6.04 Å². The normalized spacial score (nSPS) is 17.8. The molecule has 0 bridgehead atoms. The van der Waals surface area contributed by atoms with Crippen molar-refractivity contribution in [2.45, 2.75) is 45.3 Å². The number of carbonyl (C=O) groups is 2. The van der Waals surface area contributed by atoms with Crippen LogP contribution in [-0.4, -0.2) is 28.8 Å². The quantitative estimate of drug-likeness (QED) is 0.737. The maximum absolute atomic E-state index is 11.5. The number of hydrogen-bond donors (Lipinski definition) is 2. The molecule has 5 nitrogen and oxygen atoms in total. The monoisotopic (exact) mass is 241 g/mol. The van der Waals surface area contributed by atoms with Crippen LogP contribution >= 0.6 is 0 Å². The molecule has 0 radical (unpaired) electrons. The van der Waals surface area contributed by atoms with Gasteiger partial charge in [0.2, 0.25) is 0 Å². The van der Waals surface area contributed by atoms with E-state index in [-0.39, 0.29) is 6.04 Å². The molecule has 1 fully saturated rings. The Bertz CT molecular complexity index is 326. The van der Waals surface area contributed by atoms with E-state index >= 15 is 0 Å². The van der Waals surface area contributed by atoms with Crippen molar-refractivity contribution in [1.29, 1.82) is 0 Å². The molecule has 17 heavy (non-hydrogen) atoms. The van der Waals surface area contributed by atoms with E-state index in [1.807, 2.05) is 0 Å². The van der Waals surface area contributed by atoms with Crippen molar-refractivity contribution in [3.05, 3.63) is 12.2 Å². The van der Waals surface area contributed by atoms with Crippen LogP contribution in [0.1, 0.15) is 33.6 Å². The third-order valence-electron chi connectivity index (χ3n) is 2.26. The number of carbonyl (C=O) groups excluding carboxylic acids is 1. The molecule has 0 spiro atoms. The molecule has 0 aromatic rings. The molecule has 0 aromatic heterocycles. The number of carboxylic acid groups (broad SMARTS) is 1. The Hall–Kier alpha value is -1.52. The first kappa shape index (κ1) is 13.5. The van der Waals surface area contributed by atoms with Gasteiger partial charge in [0, 0.05) is 6.08 Å². The molecule has 96 valence electrons. The summed E-state index contributed by atoms with van der Waals surface area (Å²) < 4.78 is 5.12. The maximum atomic E-state index is 11.5. The maximum Gasteiger partial charge on any atom is 0.408 e. The molecule has 1 aliphatic rings. The minimum Gasteiger partial charge on any atom is -0.478 e. The second kappa shape index (κ2) is 5.21. The van der Waals surface area contributed by atoms with Gasteiger partial charge in [-0.1, -0.05) is 6.08 Å². The lowest BCUT2D eigenvalue weighted by Gasteiger charge is -2.22. The molecule has 2 N–H and O–H groups in total. The minimum absolute atomic E-state index is 0.249. The summed E-state index contributed by atoms with van der Waals surface area (Å²) in [6.45, 7) is 5.35. The van der Waals surface area contributed by atoms with Crippen molar-refractivity contribution in [2.24, 2.45) is 5.92 Å². The van der Waals surface area contributed by atoms with Gasteiger partial charge in [0.25, 0.3) is 0 Å². The van der Waals surface area contributed by atoms with Gasteiger partial charge in [0.15, 0.2) is 0 Å². The van der Waals surface area contributed by atoms with E-state index in [0.29, 0.717) is 5.92 Å². The lowest BCUT2D eigenvalue weighted by molar-refractivity contribution is -0.131. The summed E-state index contributed by atoms with van der Waals surface area (Å²) in [5, 5.41) is 11.2. The zero-order chi connectivity index (χ0) is 13.1. The third-order valence-corrected chi connectivity index (χ3v) is 2.26. The predicted octanol–water partition coefficient (Wildman–Crippen LogP) is 1.93. The van der Waals surface area contributed by atoms with Crippen molar-refractivity contribution >= 4 is 12.1 Å². The predicted molar refractivity (Wildman–Crippen MR) is 62.7 cm³/mol. The molecule has 0 unspecified atom stereocenters. The number of alkyl carbamates (subject to hydrolysis) is 1. The van der Waals surface area contributed by atoms with Crippen LogP contribution in [0.5, 0.6) is 0 Å². The zero-order valence-corrected chi connectivity index (χ0v) is 10.4. The summed E-state index contributed by atoms with van der Waals surface area (Å²) in [5.41, 5.74) is -0.547. The highest BCUT2D eigenvalue weighted by atomic mass is 16.6. The van der Waals surface area contributed by atoms with E-state index in [1.54, 1.807) is 20.8 Å². The molecule has 1 atom stereocenters. The van der Waals surface area contributed by atoms with Crippen molar-refractivity contribution in [3.8, 4) is 0 Å². The number of nitrogens with one attached hydrogen (secondary N) is 1. The summed E-state index contributed by atoms with van der Waals surface area (Å²) in [4.78, 5) is 22.0. The van der Waals surface area contributed by atoms with Crippen LogP contribution < -0.4 is 5.32 Å². The van der Waals surface area contributed by atoms with Gasteiger partial charge < -0.3 is 15.2 Å². The average molecular weight is 241 g/mol. The summed E-state index contributed by atoms with van der Waals surface area (Å²) in [6, 6.07) is -0.249. The molecule has 0 aromatic carbocycles. The molecule has 5 heteroatoms. The molecular formula is C12H19NO4. The molecule has 0 aliphatic heterocycles. The van der Waals surface area contributed by atoms with Crippen molar-refractivity contribution in [2.75, 3.05) is 0 Å². The lowest BCUT2D eigenvalue weighted by atomic mass is 10.1. The highest BCUT2D eigenvalue weighted by Crippen LogP contribution is 2.33. The van der Waals surface area contributed by atoms with Crippen LogP contribution in [0, 0.1) is 5.92 Å². The fraction of sp³-hybridized carbons (Fsp3) is 0.667. The lowest BCUT2D eigenvalue weighted by Crippen LogP contribution is -2.39. The molecule has 1 saturated carbocycles. The van der Waals surface area contributed by atoms with Crippen LogP contribution in [0.4, 0.5) is 4.79 Å². The average Bonchev–Trinajstić information content (AvgIpc) is 2.91. The molecule has 0 heterocycles. The number of carboxylic acids is 1. The first-order valence-electron chi connectivity index (χ1n) is 5.68. The summed E-state index contributed by atoms with van der Waals surface area (Å²) in [6.07, 6.45) is 4.06. The minimum atomic E-state index is -1.01. The highest BCUT2D eigenvalue weighted by Gasteiger charge is 2.31. The fourth-order valence-electron chi connectivity index (χ4n) is 1.41. The molecule has 1 aliphatic carbocycles. The standard InChI is InChI=1S/C12H19NO4/c1-12(2,3)17-11(16)13-9(8-4-5-8)6-7-10(14)15/h6-9H,4-5H2,1-3H3,(H,13,16)(H,14,15)/b7-6+/t9-/m1/s1. The van der Waals surface area contributed by atoms with E-state index in [9.17, 15) is 9.59 Å². The largest absolute Gasteiger partial charge is 0.478 e. The number of rotatable bonds is 4.